The van der Waals surface area contributed by atoms with E-state index in [1.807, 2.05) is 0 Å². The molecule has 0 aliphatic rings. The second kappa shape index (κ2) is 7.26. The van der Waals surface area contributed by atoms with Crippen molar-refractivity contribution in [3.8, 4) is 11.3 Å². The van der Waals surface area contributed by atoms with Crippen LogP contribution in [-0.4, -0.2) is 10.9 Å². The van der Waals surface area contributed by atoms with Gasteiger partial charge in [0.1, 0.15) is 0 Å². The number of rotatable bonds is 3. The second-order valence-electron chi connectivity index (χ2n) is 5.16. The van der Waals surface area contributed by atoms with Crippen molar-refractivity contribution in [2.24, 2.45) is 0 Å². The van der Waals surface area contributed by atoms with Crippen LogP contribution in [0, 0.1) is 0 Å². The van der Waals surface area contributed by atoms with E-state index in [2.05, 4.69) is 10.3 Å². The molecule has 1 N–H and O–H groups in total. The number of alkyl halides is 3. The van der Waals surface area contributed by atoms with Gasteiger partial charge in [0.2, 0.25) is 0 Å². The highest BCUT2D eigenvalue weighted by Crippen LogP contribution is 2.34. The van der Waals surface area contributed by atoms with Crippen molar-refractivity contribution in [2.75, 3.05) is 5.32 Å². The monoisotopic (exact) mass is 416 g/mol. The molecule has 9 heteroatoms. The van der Waals surface area contributed by atoms with Crippen molar-refractivity contribution in [3.05, 3.63) is 69.0 Å². The second-order valence-corrected chi connectivity index (χ2v) is 6.86. The van der Waals surface area contributed by atoms with E-state index >= 15 is 0 Å². The lowest BCUT2D eigenvalue weighted by Gasteiger charge is -2.11. The Morgan fingerprint density at radius 2 is 1.85 bits per heavy atom. The number of hydrogen-bond acceptors (Lipinski definition) is 3. The maximum absolute atomic E-state index is 13.0. The van der Waals surface area contributed by atoms with Gasteiger partial charge >= 0.3 is 6.18 Å². The Hall–Kier alpha value is -2.09. The van der Waals surface area contributed by atoms with Gasteiger partial charge in [-0.2, -0.15) is 13.2 Å². The van der Waals surface area contributed by atoms with E-state index in [1.165, 1.54) is 12.1 Å². The molecule has 3 aromatic rings. The summed E-state index contributed by atoms with van der Waals surface area (Å²) in [6.45, 7) is 0. The number of nitrogens with zero attached hydrogens (tertiary/aromatic N) is 1. The van der Waals surface area contributed by atoms with Crippen LogP contribution in [0.3, 0.4) is 0 Å². The third kappa shape index (κ3) is 4.00. The fourth-order valence-electron chi connectivity index (χ4n) is 2.24. The summed E-state index contributed by atoms with van der Waals surface area (Å²) in [6, 6.07) is 9.40. The Bertz CT molecular complexity index is 973. The molecule has 0 aliphatic carbocycles. The molecule has 134 valence electrons. The van der Waals surface area contributed by atoms with Crippen LogP contribution < -0.4 is 5.32 Å². The number of carbonyl (C=O) groups is 1. The fourth-order valence-corrected chi connectivity index (χ4v) is 3.33. The molecule has 1 aromatic heterocycles. The molecule has 0 aliphatic heterocycles. The highest BCUT2D eigenvalue weighted by Gasteiger charge is 2.35. The van der Waals surface area contributed by atoms with Crippen LogP contribution in [0.25, 0.3) is 11.3 Å². The first-order chi connectivity index (χ1) is 12.3. The maximum Gasteiger partial charge on any atom is 0.417 e. The highest BCUT2D eigenvalue weighted by molar-refractivity contribution is 7.14. The quantitative estimate of drug-likeness (QED) is 0.537. The van der Waals surface area contributed by atoms with Crippen LogP contribution in [0.1, 0.15) is 15.9 Å². The number of amides is 1. The molecule has 0 saturated heterocycles. The molecule has 0 bridgehead atoms. The number of thiazole rings is 1. The van der Waals surface area contributed by atoms with Crippen molar-refractivity contribution in [1.82, 2.24) is 4.98 Å². The summed E-state index contributed by atoms with van der Waals surface area (Å²) in [7, 11) is 0. The molecular weight excluding hydrogens is 408 g/mol. The lowest BCUT2D eigenvalue weighted by Crippen LogP contribution is -2.18. The molecule has 2 aromatic carbocycles. The van der Waals surface area contributed by atoms with Crippen molar-refractivity contribution in [3.63, 3.8) is 0 Å². The normalized spacial score (nSPS) is 11.4. The number of nitrogens with one attached hydrogen (secondary N) is 1. The third-order valence-corrected chi connectivity index (χ3v) is 4.73. The highest BCUT2D eigenvalue weighted by atomic mass is 35.5. The summed E-state index contributed by atoms with van der Waals surface area (Å²) in [5.74, 6) is -0.893. The minimum atomic E-state index is -4.63. The summed E-state index contributed by atoms with van der Waals surface area (Å²) in [4.78, 5) is 16.5. The zero-order valence-corrected chi connectivity index (χ0v) is 15.1. The van der Waals surface area contributed by atoms with Crippen LogP contribution in [0.15, 0.2) is 47.8 Å². The first kappa shape index (κ1) is 18.7. The van der Waals surface area contributed by atoms with Crippen LogP contribution in [0.4, 0.5) is 18.3 Å². The molecule has 0 unspecified atom stereocenters. The zero-order valence-electron chi connectivity index (χ0n) is 12.8. The standard InChI is InChI=1S/C17H9Cl2F3N2OS/c18-9-5-6-13(19)11(7-9)14-8-26-16(23-14)24-15(25)10-3-1-2-4-12(10)17(20,21)22/h1-8H,(H,23,24,25). The van der Waals surface area contributed by atoms with Gasteiger partial charge in [0, 0.05) is 16.0 Å². The van der Waals surface area contributed by atoms with Crippen LogP contribution in [0.5, 0.6) is 0 Å². The van der Waals surface area contributed by atoms with Crippen LogP contribution in [0.2, 0.25) is 10.0 Å². The summed E-state index contributed by atoms with van der Waals surface area (Å²) in [5, 5.41) is 5.04. The SMILES string of the molecule is O=C(Nc1nc(-c2cc(Cl)ccc2Cl)cs1)c1ccccc1C(F)(F)F. The molecule has 0 saturated carbocycles. The predicted octanol–water partition coefficient (Wildman–Crippen LogP) is 6.39. The minimum absolute atomic E-state index is 0.151. The van der Waals surface area contributed by atoms with E-state index in [1.54, 1.807) is 23.6 Å². The number of aromatic nitrogens is 1. The number of anilines is 1. The molecule has 1 heterocycles. The van der Waals surface area contributed by atoms with Gasteiger partial charge in [-0.3, -0.25) is 10.1 Å². The molecule has 0 radical (unpaired) electrons. The lowest BCUT2D eigenvalue weighted by molar-refractivity contribution is -0.137. The molecular formula is C17H9Cl2F3N2OS. The Labute approximate surface area is 160 Å². The molecule has 0 atom stereocenters. The van der Waals surface area contributed by atoms with Gasteiger partial charge in [-0.05, 0) is 30.3 Å². The van der Waals surface area contributed by atoms with E-state index in [0.717, 1.165) is 23.5 Å². The van der Waals surface area contributed by atoms with E-state index in [4.69, 9.17) is 23.2 Å². The molecule has 3 nitrogen and oxygen atoms in total. The Morgan fingerprint density at radius 1 is 1.12 bits per heavy atom. The molecule has 0 fully saturated rings. The van der Waals surface area contributed by atoms with Gasteiger partial charge < -0.3 is 0 Å². The molecule has 26 heavy (non-hydrogen) atoms. The van der Waals surface area contributed by atoms with Gasteiger partial charge in [0.05, 0.1) is 21.8 Å². The van der Waals surface area contributed by atoms with Gasteiger partial charge in [-0.25, -0.2) is 4.98 Å². The zero-order chi connectivity index (χ0) is 18.9. The molecule has 1 amide bonds. The van der Waals surface area contributed by atoms with Gasteiger partial charge in [0.25, 0.3) is 5.91 Å². The number of carbonyl (C=O) groups excluding carboxylic acids is 1. The molecule has 3 rings (SSSR count). The van der Waals surface area contributed by atoms with E-state index < -0.39 is 23.2 Å². The van der Waals surface area contributed by atoms with Gasteiger partial charge in [0.15, 0.2) is 5.13 Å². The topological polar surface area (TPSA) is 42.0 Å². The Balaban J connectivity index is 1.87. The Kier molecular flexibility index (Phi) is 5.22. The molecule has 0 spiro atoms. The first-order valence-electron chi connectivity index (χ1n) is 7.14. The first-order valence-corrected chi connectivity index (χ1v) is 8.78. The minimum Gasteiger partial charge on any atom is -0.298 e. The third-order valence-electron chi connectivity index (χ3n) is 3.41. The van der Waals surface area contributed by atoms with Crippen molar-refractivity contribution in [1.29, 1.82) is 0 Å². The summed E-state index contributed by atoms with van der Waals surface area (Å²) in [6.07, 6.45) is -4.63. The summed E-state index contributed by atoms with van der Waals surface area (Å²) < 4.78 is 39.1. The van der Waals surface area contributed by atoms with E-state index in [9.17, 15) is 18.0 Å². The number of halogens is 5. The predicted molar refractivity (Wildman–Crippen MR) is 97.0 cm³/mol. The van der Waals surface area contributed by atoms with Crippen molar-refractivity contribution >= 4 is 45.6 Å². The van der Waals surface area contributed by atoms with Crippen molar-refractivity contribution < 1.29 is 18.0 Å². The van der Waals surface area contributed by atoms with E-state index in [-0.39, 0.29) is 5.13 Å². The van der Waals surface area contributed by atoms with Crippen molar-refractivity contribution in [2.45, 2.75) is 6.18 Å². The fraction of sp³-hybridized carbons (Fsp3) is 0.0588. The van der Waals surface area contributed by atoms with Crippen LogP contribution in [-0.2, 0) is 6.18 Å². The van der Waals surface area contributed by atoms with Crippen LogP contribution >= 0.6 is 34.5 Å². The summed E-state index contributed by atoms with van der Waals surface area (Å²) in [5.41, 5.74) is -0.460. The largest absolute Gasteiger partial charge is 0.417 e. The Morgan fingerprint density at radius 3 is 2.58 bits per heavy atom. The van der Waals surface area contributed by atoms with E-state index in [0.29, 0.717) is 21.3 Å². The maximum atomic E-state index is 13.0. The average Bonchev–Trinajstić information content (AvgIpc) is 3.04. The number of hydrogen-bond donors (Lipinski definition) is 1. The number of benzene rings is 2. The smallest absolute Gasteiger partial charge is 0.298 e. The van der Waals surface area contributed by atoms with Gasteiger partial charge in [-0.15, -0.1) is 11.3 Å². The lowest BCUT2D eigenvalue weighted by atomic mass is 10.1. The summed E-state index contributed by atoms with van der Waals surface area (Å²) >= 11 is 13.1. The average molecular weight is 417 g/mol. The van der Waals surface area contributed by atoms with Gasteiger partial charge in [-0.1, -0.05) is 35.3 Å².